The van der Waals surface area contributed by atoms with E-state index in [-0.39, 0.29) is 43.7 Å². The van der Waals surface area contributed by atoms with Gasteiger partial charge >= 0.3 is 0 Å². The van der Waals surface area contributed by atoms with Gasteiger partial charge in [0, 0.05) is 41.4 Å². The second-order valence-corrected chi connectivity index (χ2v) is 21.2. The van der Waals surface area contributed by atoms with Gasteiger partial charge in [0.2, 0.25) is 41.4 Å². The number of para-hydroxylation sites is 1. The van der Waals surface area contributed by atoms with Crippen LogP contribution in [0.3, 0.4) is 0 Å². The van der Waals surface area contributed by atoms with Crippen LogP contribution in [0.25, 0.3) is 21.7 Å². The zero-order valence-corrected chi connectivity index (χ0v) is 43.5. The first kappa shape index (κ1) is 57.7. The van der Waals surface area contributed by atoms with Crippen molar-refractivity contribution in [3.05, 3.63) is 120 Å². The summed E-state index contributed by atoms with van der Waals surface area (Å²) in [7, 11) is 2.06. The number of fused-ring (bicyclic) bond motifs is 2. The van der Waals surface area contributed by atoms with Crippen LogP contribution < -0.4 is 48.7 Å². The van der Waals surface area contributed by atoms with Crippen LogP contribution in [0.15, 0.2) is 103 Å². The first-order chi connectivity index (χ1) is 36.1. The van der Waals surface area contributed by atoms with Crippen LogP contribution in [0, 0.1) is 0 Å². The fourth-order valence-electron chi connectivity index (χ4n) is 8.57. The molecule has 0 aliphatic carbocycles. The van der Waals surface area contributed by atoms with Crippen molar-refractivity contribution in [3.8, 4) is 0 Å². The third-order valence-electron chi connectivity index (χ3n) is 12.9. The van der Waals surface area contributed by atoms with Crippen LogP contribution in [0.2, 0.25) is 0 Å². The molecule has 0 spiro atoms. The quantitative estimate of drug-likeness (QED) is 0.0442. The molecule has 5 aromatic rings. The highest BCUT2D eigenvalue weighted by atomic mass is 33.1. The molecule has 7 amide bonds. The number of benzene rings is 4. The lowest BCUT2D eigenvalue weighted by molar-refractivity contribution is -0.136. The summed E-state index contributed by atoms with van der Waals surface area (Å²) in [6.07, 6.45) is -0.226. The number of aromatic amines is 1. The molecular formula is C53H68N10O10S2. The zero-order chi connectivity index (χ0) is 54.0. The lowest BCUT2D eigenvalue weighted by atomic mass is 9.97. The molecule has 22 heteroatoms. The maximum Gasteiger partial charge on any atom is 0.245 e. The Kier molecular flexibility index (Phi) is 21.9. The molecule has 10 unspecified atom stereocenters. The number of aliphatic hydroxyl groups is 3. The van der Waals surface area contributed by atoms with Crippen molar-refractivity contribution in [1.29, 1.82) is 0 Å². The predicted molar refractivity (Wildman–Crippen MR) is 290 cm³/mol. The Morgan fingerprint density at radius 3 is 2.00 bits per heavy atom. The molecular weight excluding hydrogens is 1000 g/mol. The van der Waals surface area contributed by atoms with Gasteiger partial charge < -0.3 is 69.0 Å². The molecule has 0 saturated carbocycles. The average molecular weight is 1070 g/mol. The van der Waals surface area contributed by atoms with E-state index in [9.17, 15) is 44.1 Å². The molecule has 10 atom stereocenters. The molecule has 4 aromatic carbocycles. The van der Waals surface area contributed by atoms with E-state index in [1.165, 1.54) is 13.8 Å². The van der Waals surface area contributed by atoms with E-state index < -0.39 is 108 Å². The smallest absolute Gasteiger partial charge is 0.245 e. The van der Waals surface area contributed by atoms with Gasteiger partial charge in [0.05, 0.1) is 30.9 Å². The number of hydrogen-bond acceptors (Lipinski definition) is 14. The van der Waals surface area contributed by atoms with Gasteiger partial charge in [0.1, 0.15) is 36.3 Å². The number of aliphatic hydroxyl groups excluding tert-OH is 3. The van der Waals surface area contributed by atoms with Crippen molar-refractivity contribution in [2.45, 2.75) is 113 Å². The molecule has 0 radical (unpaired) electrons. The van der Waals surface area contributed by atoms with Crippen molar-refractivity contribution < 1.29 is 48.9 Å². The zero-order valence-electron chi connectivity index (χ0n) is 41.8. The molecule has 75 heavy (non-hydrogen) atoms. The fourth-order valence-corrected chi connectivity index (χ4v) is 10.9. The van der Waals surface area contributed by atoms with Gasteiger partial charge in [-0.15, -0.1) is 0 Å². The van der Waals surface area contributed by atoms with Crippen LogP contribution in [0.5, 0.6) is 0 Å². The number of aromatic nitrogens is 1. The topological polar surface area (TPSA) is 332 Å². The highest BCUT2D eigenvalue weighted by molar-refractivity contribution is 8.76. The van der Waals surface area contributed by atoms with Gasteiger partial charge in [0.15, 0.2) is 0 Å². The largest absolute Gasteiger partial charge is 0.394 e. The van der Waals surface area contributed by atoms with E-state index in [2.05, 4.69) is 42.2 Å². The summed E-state index contributed by atoms with van der Waals surface area (Å²) in [5.41, 5.74) is 15.1. The van der Waals surface area contributed by atoms with Crippen LogP contribution in [-0.2, 0) is 52.8 Å². The first-order valence-electron chi connectivity index (χ1n) is 24.9. The molecule has 1 aliphatic rings. The van der Waals surface area contributed by atoms with Crippen LogP contribution in [0.4, 0.5) is 0 Å². The van der Waals surface area contributed by atoms with Gasteiger partial charge in [-0.05, 0) is 79.6 Å². The van der Waals surface area contributed by atoms with Gasteiger partial charge in [0.25, 0.3) is 0 Å². The Hall–Kier alpha value is -6.53. The summed E-state index contributed by atoms with van der Waals surface area (Å²) < 4.78 is 0. The van der Waals surface area contributed by atoms with Gasteiger partial charge in [-0.25, -0.2) is 0 Å². The number of carbonyl (C=O) groups excluding carboxylic acids is 7. The second-order valence-electron chi connectivity index (χ2n) is 18.6. The first-order valence-corrected chi connectivity index (χ1v) is 27.4. The summed E-state index contributed by atoms with van der Waals surface area (Å²) >= 11 is 0. The van der Waals surface area contributed by atoms with Crippen molar-refractivity contribution in [2.24, 2.45) is 11.5 Å². The van der Waals surface area contributed by atoms with Crippen molar-refractivity contribution >= 4 is 84.6 Å². The monoisotopic (exact) mass is 1070 g/mol. The number of hydrogen-bond donors (Lipinski definition) is 13. The van der Waals surface area contributed by atoms with E-state index in [0.29, 0.717) is 24.0 Å². The van der Waals surface area contributed by atoms with E-state index in [1.54, 1.807) is 18.3 Å². The minimum Gasteiger partial charge on any atom is -0.394 e. The molecule has 1 aromatic heterocycles. The second kappa shape index (κ2) is 28.4. The summed E-state index contributed by atoms with van der Waals surface area (Å²) in [6, 6.07) is 18.7. The third-order valence-corrected chi connectivity index (χ3v) is 15.3. The van der Waals surface area contributed by atoms with Crippen LogP contribution in [-0.4, -0.2) is 147 Å². The number of carbonyl (C=O) groups is 7. The number of unbranched alkanes of at least 4 members (excludes halogenated alkanes) is 1. The van der Waals surface area contributed by atoms with Crippen molar-refractivity contribution in [3.63, 3.8) is 0 Å². The molecule has 20 nitrogen and oxygen atoms in total. The molecule has 2 heterocycles. The molecule has 1 saturated heterocycles. The summed E-state index contributed by atoms with van der Waals surface area (Å²) in [4.78, 5) is 104. The van der Waals surface area contributed by atoms with Crippen molar-refractivity contribution in [1.82, 2.24) is 42.2 Å². The maximum atomic E-state index is 15.1. The van der Waals surface area contributed by atoms with E-state index in [4.69, 9.17) is 11.5 Å². The predicted octanol–water partition coefficient (Wildman–Crippen LogP) is 0.348. The van der Waals surface area contributed by atoms with E-state index in [1.807, 2.05) is 84.9 Å². The lowest BCUT2D eigenvalue weighted by Crippen LogP contribution is -2.62. The Morgan fingerprint density at radius 1 is 0.693 bits per heavy atom. The molecule has 6 rings (SSSR count). The summed E-state index contributed by atoms with van der Waals surface area (Å²) in [5, 5.41) is 52.5. The Labute approximate surface area is 442 Å². The normalized spacial score (nSPS) is 22.3. The third kappa shape index (κ3) is 16.5. The van der Waals surface area contributed by atoms with Crippen LogP contribution in [0.1, 0.15) is 49.8 Å². The Bertz CT molecular complexity index is 2740. The molecule has 0 bridgehead atoms. The van der Waals surface area contributed by atoms with Gasteiger partial charge in [-0.2, -0.15) is 0 Å². The number of rotatable bonds is 17. The number of nitrogens with two attached hydrogens (primary N) is 2. The maximum absolute atomic E-state index is 15.1. The molecule has 1 fully saturated rings. The van der Waals surface area contributed by atoms with Gasteiger partial charge in [-0.1, -0.05) is 113 Å². The van der Waals surface area contributed by atoms with E-state index in [0.717, 1.165) is 48.8 Å². The Morgan fingerprint density at radius 2 is 1.31 bits per heavy atom. The lowest BCUT2D eigenvalue weighted by Gasteiger charge is -2.29. The fraction of sp³-hybridized carbons (Fsp3) is 0.415. The highest BCUT2D eigenvalue weighted by Gasteiger charge is 2.36. The van der Waals surface area contributed by atoms with Gasteiger partial charge in [-0.3, -0.25) is 33.6 Å². The minimum absolute atomic E-state index is 0.0271. The molecule has 1 aliphatic heterocycles. The number of nitrogens with one attached hydrogen (secondary N) is 8. The minimum atomic E-state index is -1.67. The number of H-pyrrole nitrogens is 1. The van der Waals surface area contributed by atoms with Crippen LogP contribution >= 0.6 is 21.6 Å². The molecule has 402 valence electrons. The van der Waals surface area contributed by atoms with E-state index >= 15 is 4.79 Å². The summed E-state index contributed by atoms with van der Waals surface area (Å²) in [5.74, 6) is -6.05. The Balaban J connectivity index is 1.42. The van der Waals surface area contributed by atoms with Crippen molar-refractivity contribution in [2.75, 3.05) is 24.7 Å². The average Bonchev–Trinajstić information content (AvgIpc) is 3.81. The molecule has 15 N–H and O–H groups in total. The number of amides is 7. The highest BCUT2D eigenvalue weighted by Crippen LogP contribution is 2.25. The SMILES string of the molecule is CC(O)C(CO)NC(=O)C1CSSCC(NC(=O)C(N)Cc2ccccc2)C(=O)NC(Cc2cccc3ccccc23)C(=O)NC(Cc2c[nH]c3ccccc23)C(=O)NC(CCCCN)C(=O)NC(C(C)O)C(=O)N1. The summed E-state index contributed by atoms with van der Waals surface area (Å²) in [6.45, 7) is 2.22. The standard InChI is InChI=1S/C53H68N10O10S2/c1-30(65)43(27-64)60-52(72)45-29-75-74-28-44(61-47(67)38(55)23-32-13-4-3-5-14-32)51(71)59-41(24-34-17-12-16-33-15-6-7-18-36(33)34)50(70)58-42(25-35-26-56-39-20-9-8-19-37(35)39)49(69)57-40(21-10-11-22-54)48(68)63-46(31(2)66)53(73)62-45/h3-9,12-20,26,30-31,38,40-46,56,64-66H,10-11,21-25,27-29,54-55H2,1-2H3,(H,57,69)(H,58,70)(H,59,71)(H,60,72)(H,61,67)(H,62,73)(H,63,68).